The summed E-state index contributed by atoms with van der Waals surface area (Å²) in [6.07, 6.45) is 9.07. The third-order valence-electron chi connectivity index (χ3n) is 8.89. The van der Waals surface area contributed by atoms with Gasteiger partial charge in [-0.25, -0.2) is 19.8 Å². The van der Waals surface area contributed by atoms with Crippen molar-refractivity contribution in [3.05, 3.63) is 104 Å². The monoisotopic (exact) mass is 548 g/mol. The highest BCUT2D eigenvalue weighted by atomic mass is 16.4. The Balaban J connectivity index is 1.72. The van der Waals surface area contributed by atoms with Gasteiger partial charge in [0, 0.05) is 29.5 Å². The third kappa shape index (κ3) is 3.92. The molecule has 208 valence electrons. The van der Waals surface area contributed by atoms with Gasteiger partial charge in [0.15, 0.2) is 5.76 Å². The van der Waals surface area contributed by atoms with Crippen molar-refractivity contribution in [2.24, 2.45) is 31.8 Å². The highest BCUT2D eigenvalue weighted by Gasteiger charge is 2.41. The van der Waals surface area contributed by atoms with Gasteiger partial charge in [-0.15, -0.1) is 0 Å². The number of aliphatic imine (C=N–C) groups is 4. The molecule has 0 amide bonds. The van der Waals surface area contributed by atoms with Gasteiger partial charge >= 0.3 is 5.97 Å². The van der Waals surface area contributed by atoms with Gasteiger partial charge < -0.3 is 15.3 Å². The summed E-state index contributed by atoms with van der Waals surface area (Å²) in [5.41, 5.74) is 9.45. The third-order valence-corrected chi connectivity index (χ3v) is 8.89. The minimum absolute atomic E-state index is 0.0233. The van der Waals surface area contributed by atoms with Gasteiger partial charge in [0.1, 0.15) is 5.76 Å². The Labute approximate surface area is 238 Å². The molecule has 41 heavy (non-hydrogen) atoms. The van der Waals surface area contributed by atoms with E-state index in [4.69, 9.17) is 20.0 Å². The second-order valence-electron chi connectivity index (χ2n) is 11.1. The molecule has 8 bridgehead atoms. The molecule has 0 saturated heterocycles. The molecule has 8 nitrogen and oxygen atoms in total. The van der Waals surface area contributed by atoms with Crippen LogP contribution in [0.4, 0.5) is 0 Å². The number of aliphatic hydroxyl groups excluding tert-OH is 2. The Morgan fingerprint density at radius 2 is 1.63 bits per heavy atom. The number of hydrogen-bond acceptors (Lipinski definition) is 7. The minimum Gasteiger partial charge on any atom is -0.508 e. The molecular weight excluding hydrogens is 516 g/mol. The molecule has 8 heteroatoms. The van der Waals surface area contributed by atoms with Gasteiger partial charge in [0.2, 0.25) is 0 Å². The summed E-state index contributed by atoms with van der Waals surface area (Å²) in [6.45, 7) is 13.9. The zero-order valence-electron chi connectivity index (χ0n) is 23.8. The number of allylic oxidation sites excluding steroid dienone is 12. The van der Waals surface area contributed by atoms with Crippen LogP contribution in [0.1, 0.15) is 53.9 Å². The van der Waals surface area contributed by atoms with Gasteiger partial charge in [-0.2, -0.15) is 0 Å². The van der Waals surface area contributed by atoms with Crippen molar-refractivity contribution in [3.8, 4) is 0 Å². The van der Waals surface area contributed by atoms with Crippen molar-refractivity contribution in [3.63, 3.8) is 0 Å². The number of carboxylic acid groups (broad SMARTS) is 1. The number of rotatable bonds is 3. The lowest BCUT2D eigenvalue weighted by Crippen LogP contribution is -2.18. The van der Waals surface area contributed by atoms with Crippen LogP contribution in [-0.2, 0) is 4.79 Å². The first kappa shape index (κ1) is 26.6. The predicted octanol–water partition coefficient (Wildman–Crippen LogP) is 6.73. The highest BCUT2D eigenvalue weighted by molar-refractivity contribution is 6.31. The maximum Gasteiger partial charge on any atom is 0.338 e. The van der Waals surface area contributed by atoms with Crippen LogP contribution in [0.25, 0.3) is 0 Å². The Morgan fingerprint density at radius 3 is 2.32 bits per heavy atom. The normalized spacial score (nSPS) is 25.6. The smallest absolute Gasteiger partial charge is 0.338 e. The van der Waals surface area contributed by atoms with E-state index < -0.39 is 5.97 Å². The summed E-state index contributed by atoms with van der Waals surface area (Å²) >= 11 is 0. The van der Waals surface area contributed by atoms with Crippen molar-refractivity contribution < 1.29 is 20.1 Å². The Hall–Kier alpha value is -4.59. The van der Waals surface area contributed by atoms with Crippen LogP contribution in [0.2, 0.25) is 0 Å². The second-order valence-corrected chi connectivity index (χ2v) is 11.1. The van der Waals surface area contributed by atoms with Crippen molar-refractivity contribution in [1.29, 1.82) is 0 Å². The molecule has 3 N–H and O–H groups in total. The highest BCUT2D eigenvalue weighted by Crippen LogP contribution is 2.45. The maximum atomic E-state index is 12.6. The van der Waals surface area contributed by atoms with Crippen LogP contribution in [-0.4, -0.2) is 44.1 Å². The summed E-state index contributed by atoms with van der Waals surface area (Å²) in [5, 5.41) is 32.4. The van der Waals surface area contributed by atoms with E-state index in [0.29, 0.717) is 29.1 Å². The fourth-order valence-corrected chi connectivity index (χ4v) is 6.46. The number of fused-ring (bicyclic) bond motifs is 4. The van der Waals surface area contributed by atoms with Crippen molar-refractivity contribution in [1.82, 2.24) is 0 Å². The van der Waals surface area contributed by atoms with E-state index in [1.165, 1.54) is 0 Å². The number of aliphatic hydroxyl groups is 2. The minimum atomic E-state index is -1.16. The molecule has 0 radical (unpaired) electrons. The predicted molar refractivity (Wildman–Crippen MR) is 161 cm³/mol. The molecule has 5 aliphatic heterocycles. The molecule has 0 aromatic heterocycles. The van der Waals surface area contributed by atoms with Crippen molar-refractivity contribution >= 4 is 28.8 Å². The van der Waals surface area contributed by atoms with Gasteiger partial charge in [0.25, 0.3) is 0 Å². The number of carbonyl (C=O) groups is 1. The quantitative estimate of drug-likeness (QED) is 0.361. The lowest BCUT2D eigenvalue weighted by Gasteiger charge is -2.17. The van der Waals surface area contributed by atoms with E-state index in [2.05, 4.69) is 20.4 Å². The molecule has 0 unspecified atom stereocenters. The van der Waals surface area contributed by atoms with E-state index in [-0.39, 0.29) is 46.6 Å². The molecule has 5 heterocycles. The van der Waals surface area contributed by atoms with Crippen molar-refractivity contribution in [2.75, 3.05) is 0 Å². The second kappa shape index (κ2) is 9.51. The Kier molecular flexibility index (Phi) is 6.17. The van der Waals surface area contributed by atoms with Crippen LogP contribution >= 0.6 is 0 Å². The molecule has 0 aromatic carbocycles. The van der Waals surface area contributed by atoms with Gasteiger partial charge in [0.05, 0.1) is 51.1 Å². The lowest BCUT2D eigenvalue weighted by atomic mass is 9.85. The molecule has 0 spiro atoms. The molecule has 1 aliphatic carbocycles. The fourth-order valence-electron chi connectivity index (χ4n) is 6.46. The SMILES string of the molecule is C=CC1=C(C)C2=CC3=NC4=C(C5=NC(=CC6=NC(=CC1=N2)C(C)=C6CC)C(C)=C5C(=O)O)C(O)=C(O)CC[C@H]4[C@@H]3C. The fraction of sp³-hybridized carbons (Fsp3) is 0.303. The molecule has 0 saturated carbocycles. The summed E-state index contributed by atoms with van der Waals surface area (Å²) < 4.78 is 0. The molecule has 2 atom stereocenters. The standard InChI is InChI=1S/C33H32N4O4/c1-7-18-14(3)21-11-23-16(5)20-9-10-27(38)32(39)29(30(20)36-23)31-28(33(40)41)17(6)24(37-31)13-26-19(8-2)15(4)22(35-26)12-25(18)34-21/h7,11-13,16,20,38-39H,1,8-10H2,2-6H3,(H,40,41)/t16-,20-/m0/s1. The zero-order valence-corrected chi connectivity index (χ0v) is 23.8. The van der Waals surface area contributed by atoms with E-state index in [0.717, 1.165) is 51.5 Å². The summed E-state index contributed by atoms with van der Waals surface area (Å²) in [5.74, 6) is -1.95. The first-order chi connectivity index (χ1) is 19.5. The lowest BCUT2D eigenvalue weighted by molar-refractivity contribution is -0.132. The van der Waals surface area contributed by atoms with Crippen LogP contribution < -0.4 is 0 Å². The maximum absolute atomic E-state index is 12.6. The van der Waals surface area contributed by atoms with Gasteiger partial charge in [-0.1, -0.05) is 26.5 Å². The first-order valence-electron chi connectivity index (χ1n) is 13.9. The number of carboxylic acids is 1. The van der Waals surface area contributed by atoms with E-state index in [1.807, 2.05) is 38.2 Å². The Morgan fingerprint density at radius 1 is 0.976 bits per heavy atom. The molecule has 6 aliphatic rings. The van der Waals surface area contributed by atoms with E-state index >= 15 is 0 Å². The molecule has 0 aromatic rings. The number of nitrogens with zero attached hydrogens (tertiary/aromatic N) is 4. The van der Waals surface area contributed by atoms with Crippen LogP contribution in [0, 0.1) is 11.8 Å². The topological polar surface area (TPSA) is 127 Å². The van der Waals surface area contributed by atoms with Crippen LogP contribution in [0.3, 0.4) is 0 Å². The largest absolute Gasteiger partial charge is 0.508 e. The van der Waals surface area contributed by atoms with Crippen LogP contribution in [0.5, 0.6) is 0 Å². The molecule has 6 rings (SSSR count). The molecular formula is C33H32N4O4. The van der Waals surface area contributed by atoms with Crippen LogP contribution in [0.15, 0.2) is 124 Å². The van der Waals surface area contributed by atoms with Gasteiger partial charge in [-0.3, -0.25) is 4.99 Å². The van der Waals surface area contributed by atoms with E-state index in [1.54, 1.807) is 6.92 Å². The number of aliphatic carboxylic acids is 1. The first-order valence-corrected chi connectivity index (χ1v) is 13.9. The van der Waals surface area contributed by atoms with E-state index in [9.17, 15) is 20.1 Å². The van der Waals surface area contributed by atoms with Gasteiger partial charge in [-0.05, 0) is 74.1 Å². The molecule has 0 fully saturated rings. The number of hydrogen-bond donors (Lipinski definition) is 3. The zero-order chi connectivity index (χ0) is 29.3. The Bertz CT molecular complexity index is 1760. The van der Waals surface area contributed by atoms with Crippen molar-refractivity contribution in [2.45, 2.75) is 53.9 Å². The summed E-state index contributed by atoms with van der Waals surface area (Å²) in [4.78, 5) is 32.3. The summed E-state index contributed by atoms with van der Waals surface area (Å²) in [6, 6.07) is 0. The summed E-state index contributed by atoms with van der Waals surface area (Å²) in [7, 11) is 0. The average Bonchev–Trinajstić information content (AvgIpc) is 3.58. The average molecular weight is 549 g/mol.